The number of hydrogen-bond donors (Lipinski definition) is 0. The summed E-state index contributed by atoms with van der Waals surface area (Å²) in [5, 5.41) is 0. The van der Waals surface area contributed by atoms with E-state index in [1.807, 2.05) is 30.0 Å². The zero-order valence-electron chi connectivity index (χ0n) is 14.7. The van der Waals surface area contributed by atoms with Gasteiger partial charge in [0, 0.05) is 31.7 Å². The molecule has 24 heavy (non-hydrogen) atoms. The lowest BCUT2D eigenvalue weighted by Crippen LogP contribution is -2.38. The predicted molar refractivity (Wildman–Crippen MR) is 91.2 cm³/mol. The van der Waals surface area contributed by atoms with Gasteiger partial charge in [0.05, 0.1) is 20.1 Å². The van der Waals surface area contributed by atoms with Gasteiger partial charge >= 0.3 is 6.09 Å². The number of amides is 2. The van der Waals surface area contributed by atoms with E-state index in [-0.39, 0.29) is 12.0 Å². The predicted octanol–water partition coefficient (Wildman–Crippen LogP) is 2.24. The molecule has 6 heteroatoms. The highest BCUT2D eigenvalue weighted by molar-refractivity contribution is 5.79. The molecule has 1 aromatic carbocycles. The van der Waals surface area contributed by atoms with Crippen LogP contribution in [0.5, 0.6) is 5.75 Å². The molecule has 0 aromatic heterocycles. The van der Waals surface area contributed by atoms with Crippen molar-refractivity contribution in [3.8, 4) is 5.75 Å². The van der Waals surface area contributed by atoms with Crippen molar-refractivity contribution in [2.75, 3.05) is 39.9 Å². The number of methoxy groups -OCH3 is 1. The third-order valence-electron chi connectivity index (χ3n) is 4.15. The molecule has 6 nitrogen and oxygen atoms in total. The van der Waals surface area contributed by atoms with Crippen LogP contribution in [-0.4, -0.2) is 61.7 Å². The lowest BCUT2D eigenvalue weighted by molar-refractivity contribution is -0.130. The standard InChI is InChI=1S/C18H26N2O4/c1-4-24-18(22)20-9-5-8-19(10-11-20)17(21)13-15-12-14(2)6-7-16(15)23-3/h6-7,12H,4-5,8-11,13H2,1-3H3. The number of carbonyl (C=O) groups is 2. The maximum absolute atomic E-state index is 12.6. The summed E-state index contributed by atoms with van der Waals surface area (Å²) < 4.78 is 10.4. The van der Waals surface area contributed by atoms with Gasteiger partial charge in [-0.1, -0.05) is 17.7 Å². The van der Waals surface area contributed by atoms with Gasteiger partial charge in [-0.25, -0.2) is 4.79 Å². The molecule has 0 unspecified atom stereocenters. The number of benzene rings is 1. The molecular formula is C18H26N2O4. The first-order valence-corrected chi connectivity index (χ1v) is 8.38. The largest absolute Gasteiger partial charge is 0.496 e. The third-order valence-corrected chi connectivity index (χ3v) is 4.15. The molecule has 1 aromatic rings. The van der Waals surface area contributed by atoms with Crippen molar-refractivity contribution in [1.29, 1.82) is 0 Å². The molecule has 0 aliphatic carbocycles. The fourth-order valence-electron chi connectivity index (χ4n) is 2.88. The van der Waals surface area contributed by atoms with Crippen molar-refractivity contribution in [3.05, 3.63) is 29.3 Å². The van der Waals surface area contributed by atoms with E-state index in [1.54, 1.807) is 18.9 Å². The molecule has 1 aliphatic heterocycles. The molecule has 0 atom stereocenters. The van der Waals surface area contributed by atoms with E-state index >= 15 is 0 Å². The van der Waals surface area contributed by atoms with Gasteiger partial charge in [-0.15, -0.1) is 0 Å². The second-order valence-corrected chi connectivity index (χ2v) is 5.91. The highest BCUT2D eigenvalue weighted by atomic mass is 16.6. The van der Waals surface area contributed by atoms with Crippen molar-refractivity contribution in [1.82, 2.24) is 9.80 Å². The van der Waals surface area contributed by atoms with Crippen molar-refractivity contribution in [2.24, 2.45) is 0 Å². The number of rotatable bonds is 4. The van der Waals surface area contributed by atoms with Crippen molar-refractivity contribution < 1.29 is 19.1 Å². The van der Waals surface area contributed by atoms with Crippen LogP contribution >= 0.6 is 0 Å². The Morgan fingerprint density at radius 3 is 2.54 bits per heavy atom. The molecule has 1 saturated heterocycles. The number of nitrogens with zero attached hydrogens (tertiary/aromatic N) is 2. The number of hydrogen-bond acceptors (Lipinski definition) is 4. The monoisotopic (exact) mass is 334 g/mol. The van der Waals surface area contributed by atoms with Crippen LogP contribution in [0.3, 0.4) is 0 Å². The molecule has 0 radical (unpaired) electrons. The quantitative estimate of drug-likeness (QED) is 0.847. The highest BCUT2D eigenvalue weighted by Crippen LogP contribution is 2.21. The van der Waals surface area contributed by atoms with Crippen LogP contribution in [0.4, 0.5) is 4.79 Å². The molecule has 1 aliphatic rings. The first-order chi connectivity index (χ1) is 11.5. The van der Waals surface area contributed by atoms with Gasteiger partial charge in [0.25, 0.3) is 0 Å². The Kier molecular flexibility index (Phi) is 6.46. The van der Waals surface area contributed by atoms with Gasteiger partial charge < -0.3 is 19.3 Å². The zero-order chi connectivity index (χ0) is 17.5. The molecule has 132 valence electrons. The van der Waals surface area contributed by atoms with E-state index in [0.29, 0.717) is 39.2 Å². The lowest BCUT2D eigenvalue weighted by Gasteiger charge is -2.22. The maximum atomic E-state index is 12.6. The smallest absolute Gasteiger partial charge is 0.409 e. The van der Waals surface area contributed by atoms with Crippen molar-refractivity contribution in [3.63, 3.8) is 0 Å². The zero-order valence-corrected chi connectivity index (χ0v) is 14.7. The summed E-state index contributed by atoms with van der Waals surface area (Å²) in [6.45, 7) is 6.48. The summed E-state index contributed by atoms with van der Waals surface area (Å²) in [7, 11) is 1.61. The number of carbonyl (C=O) groups excluding carboxylic acids is 2. The molecule has 0 bridgehead atoms. The Morgan fingerprint density at radius 1 is 1.12 bits per heavy atom. The van der Waals surface area contributed by atoms with Gasteiger partial charge in [0.2, 0.25) is 5.91 Å². The van der Waals surface area contributed by atoms with E-state index in [9.17, 15) is 9.59 Å². The van der Waals surface area contributed by atoms with Gasteiger partial charge in [0.1, 0.15) is 5.75 Å². The normalized spacial score (nSPS) is 15.0. The van der Waals surface area contributed by atoms with Crippen molar-refractivity contribution in [2.45, 2.75) is 26.7 Å². The first-order valence-electron chi connectivity index (χ1n) is 8.38. The molecule has 0 N–H and O–H groups in total. The van der Waals surface area contributed by atoms with Crippen LogP contribution in [-0.2, 0) is 16.0 Å². The molecule has 2 rings (SSSR count). The third kappa shape index (κ3) is 4.63. The molecule has 0 saturated carbocycles. The fraction of sp³-hybridized carbons (Fsp3) is 0.556. The molecular weight excluding hydrogens is 308 g/mol. The molecule has 1 fully saturated rings. The Balaban J connectivity index is 1.98. The minimum Gasteiger partial charge on any atom is -0.496 e. The minimum absolute atomic E-state index is 0.0598. The van der Waals surface area contributed by atoms with Crippen LogP contribution in [0.15, 0.2) is 18.2 Å². The average molecular weight is 334 g/mol. The lowest BCUT2D eigenvalue weighted by atomic mass is 10.1. The van der Waals surface area contributed by atoms with E-state index in [0.717, 1.165) is 23.3 Å². The summed E-state index contributed by atoms with van der Waals surface area (Å²) in [5.41, 5.74) is 2.00. The molecule has 1 heterocycles. The van der Waals surface area contributed by atoms with Gasteiger partial charge in [-0.3, -0.25) is 4.79 Å². The summed E-state index contributed by atoms with van der Waals surface area (Å²) in [6, 6.07) is 5.85. The Labute approximate surface area is 143 Å². The van der Waals surface area contributed by atoms with E-state index < -0.39 is 0 Å². The topological polar surface area (TPSA) is 59.1 Å². The fourth-order valence-corrected chi connectivity index (χ4v) is 2.88. The van der Waals surface area contributed by atoms with Gasteiger partial charge in [-0.05, 0) is 26.3 Å². The number of aryl methyl sites for hydroxylation is 1. The minimum atomic E-state index is -0.299. The molecule has 0 spiro atoms. The Hall–Kier alpha value is -2.24. The van der Waals surface area contributed by atoms with Crippen LogP contribution in [0.25, 0.3) is 0 Å². The second kappa shape index (κ2) is 8.57. The summed E-state index contributed by atoms with van der Waals surface area (Å²) in [6.07, 6.45) is 0.770. The average Bonchev–Trinajstić information content (AvgIpc) is 2.81. The SMILES string of the molecule is CCOC(=O)N1CCCN(C(=O)Cc2cc(C)ccc2OC)CC1. The van der Waals surface area contributed by atoms with E-state index in [4.69, 9.17) is 9.47 Å². The van der Waals surface area contributed by atoms with Crippen LogP contribution < -0.4 is 4.74 Å². The first kappa shape index (κ1) is 18.1. The maximum Gasteiger partial charge on any atom is 0.409 e. The summed E-state index contributed by atoms with van der Waals surface area (Å²) in [5.74, 6) is 0.793. The van der Waals surface area contributed by atoms with Crippen LogP contribution in [0.1, 0.15) is 24.5 Å². The van der Waals surface area contributed by atoms with E-state index in [1.165, 1.54) is 0 Å². The second-order valence-electron chi connectivity index (χ2n) is 5.91. The summed E-state index contributed by atoms with van der Waals surface area (Å²) >= 11 is 0. The molecule has 2 amide bonds. The van der Waals surface area contributed by atoms with Gasteiger partial charge in [0.15, 0.2) is 0 Å². The highest BCUT2D eigenvalue weighted by Gasteiger charge is 2.23. The van der Waals surface area contributed by atoms with Gasteiger partial charge in [-0.2, -0.15) is 0 Å². The Bertz CT molecular complexity index is 588. The van der Waals surface area contributed by atoms with Crippen LogP contribution in [0.2, 0.25) is 0 Å². The van der Waals surface area contributed by atoms with Crippen molar-refractivity contribution >= 4 is 12.0 Å². The van der Waals surface area contributed by atoms with E-state index in [2.05, 4.69) is 0 Å². The number of ether oxygens (including phenoxy) is 2. The summed E-state index contributed by atoms with van der Waals surface area (Å²) in [4.78, 5) is 28.0. The Morgan fingerprint density at radius 2 is 1.83 bits per heavy atom. The van der Waals surface area contributed by atoms with Crippen LogP contribution in [0, 0.1) is 6.92 Å².